The van der Waals surface area contributed by atoms with Crippen molar-refractivity contribution in [1.82, 2.24) is 15.5 Å². The number of nitrogens with zero attached hydrogens (tertiary/aromatic N) is 1. The van der Waals surface area contributed by atoms with Crippen LogP contribution in [0.25, 0.3) is 0 Å². The molecule has 3 atom stereocenters. The van der Waals surface area contributed by atoms with Crippen molar-refractivity contribution in [3.8, 4) is 0 Å². The Balaban J connectivity index is 1.55. The number of rotatable bonds is 5. The van der Waals surface area contributed by atoms with Gasteiger partial charge in [0.2, 0.25) is 11.8 Å². The molecule has 8 nitrogen and oxygen atoms in total. The molecule has 1 aliphatic carbocycles. The van der Waals surface area contributed by atoms with Crippen molar-refractivity contribution in [2.45, 2.75) is 57.3 Å². The van der Waals surface area contributed by atoms with E-state index < -0.39 is 12.1 Å². The molecule has 0 spiro atoms. The summed E-state index contributed by atoms with van der Waals surface area (Å²) in [5.74, 6) is -0.345. The van der Waals surface area contributed by atoms with Crippen LogP contribution in [0.1, 0.15) is 38.2 Å². The van der Waals surface area contributed by atoms with Gasteiger partial charge in [-0.05, 0) is 18.4 Å². The SMILES string of the molecule is CC(=O)N[C@H]1CC(=O)CCC1N1CC[C@H](NC(=O)OCc2ccccc2)C1=O. The zero-order valence-electron chi connectivity index (χ0n) is 15.8. The van der Waals surface area contributed by atoms with Gasteiger partial charge in [-0.1, -0.05) is 30.3 Å². The Morgan fingerprint density at radius 2 is 1.89 bits per heavy atom. The third kappa shape index (κ3) is 4.88. The maximum Gasteiger partial charge on any atom is 0.408 e. The third-order valence-corrected chi connectivity index (χ3v) is 5.16. The molecule has 1 aromatic rings. The second-order valence-electron chi connectivity index (χ2n) is 7.23. The van der Waals surface area contributed by atoms with Crippen molar-refractivity contribution >= 4 is 23.7 Å². The minimum Gasteiger partial charge on any atom is -0.445 e. The molecule has 28 heavy (non-hydrogen) atoms. The number of likely N-dealkylation sites (tertiary alicyclic amines) is 1. The largest absolute Gasteiger partial charge is 0.445 e. The van der Waals surface area contributed by atoms with E-state index in [-0.39, 0.29) is 42.7 Å². The van der Waals surface area contributed by atoms with Crippen molar-refractivity contribution < 1.29 is 23.9 Å². The molecule has 2 aliphatic rings. The molecule has 1 aliphatic heterocycles. The molecule has 0 radical (unpaired) electrons. The van der Waals surface area contributed by atoms with E-state index in [1.54, 1.807) is 4.90 Å². The van der Waals surface area contributed by atoms with E-state index in [4.69, 9.17) is 4.74 Å². The lowest BCUT2D eigenvalue weighted by Crippen LogP contribution is -2.56. The quantitative estimate of drug-likeness (QED) is 0.788. The van der Waals surface area contributed by atoms with Crippen molar-refractivity contribution in [2.24, 2.45) is 0 Å². The smallest absolute Gasteiger partial charge is 0.408 e. The van der Waals surface area contributed by atoms with Crippen LogP contribution in [0.4, 0.5) is 4.79 Å². The van der Waals surface area contributed by atoms with Gasteiger partial charge in [-0.2, -0.15) is 0 Å². The number of Topliss-reactive ketones (excluding diaryl/α,β-unsaturated/α-hetero) is 1. The highest BCUT2D eigenvalue weighted by molar-refractivity contribution is 5.88. The predicted octanol–water partition coefficient (Wildman–Crippen LogP) is 1.14. The molecule has 8 heteroatoms. The van der Waals surface area contributed by atoms with Crippen LogP contribution in [0, 0.1) is 0 Å². The second kappa shape index (κ2) is 8.86. The van der Waals surface area contributed by atoms with Crippen molar-refractivity contribution in [1.29, 1.82) is 0 Å². The molecule has 3 rings (SSSR count). The van der Waals surface area contributed by atoms with Crippen LogP contribution in [0.15, 0.2) is 30.3 Å². The predicted molar refractivity (Wildman–Crippen MR) is 100 cm³/mol. The fourth-order valence-electron chi connectivity index (χ4n) is 3.85. The zero-order valence-corrected chi connectivity index (χ0v) is 15.8. The number of ketones is 1. The Hall–Kier alpha value is -2.90. The number of ether oxygens (including phenoxy) is 1. The summed E-state index contributed by atoms with van der Waals surface area (Å²) in [6, 6.07) is 8.02. The van der Waals surface area contributed by atoms with Gasteiger partial charge >= 0.3 is 6.09 Å². The lowest BCUT2D eigenvalue weighted by atomic mass is 9.88. The molecule has 2 N–H and O–H groups in total. The highest BCUT2D eigenvalue weighted by atomic mass is 16.5. The van der Waals surface area contributed by atoms with Gasteiger partial charge in [0.1, 0.15) is 18.4 Å². The topological polar surface area (TPSA) is 105 Å². The van der Waals surface area contributed by atoms with E-state index in [9.17, 15) is 19.2 Å². The van der Waals surface area contributed by atoms with Gasteiger partial charge in [0.25, 0.3) is 0 Å². The number of amides is 3. The molecule has 2 fully saturated rings. The van der Waals surface area contributed by atoms with E-state index in [0.29, 0.717) is 25.8 Å². The van der Waals surface area contributed by atoms with Gasteiger partial charge in [0.15, 0.2) is 0 Å². The van der Waals surface area contributed by atoms with E-state index in [1.165, 1.54) is 6.92 Å². The first-order chi connectivity index (χ1) is 13.4. The fourth-order valence-corrected chi connectivity index (χ4v) is 3.85. The number of nitrogens with one attached hydrogen (secondary N) is 2. The van der Waals surface area contributed by atoms with Crippen LogP contribution < -0.4 is 10.6 Å². The Morgan fingerprint density at radius 1 is 1.14 bits per heavy atom. The molecule has 150 valence electrons. The molecule has 1 heterocycles. The van der Waals surface area contributed by atoms with Gasteiger partial charge < -0.3 is 20.3 Å². The number of benzene rings is 1. The van der Waals surface area contributed by atoms with Gasteiger partial charge in [-0.15, -0.1) is 0 Å². The summed E-state index contributed by atoms with van der Waals surface area (Å²) >= 11 is 0. The maximum absolute atomic E-state index is 12.8. The number of alkyl carbamates (subject to hydrolysis) is 1. The van der Waals surface area contributed by atoms with Crippen LogP contribution in [0.5, 0.6) is 0 Å². The molecule has 1 saturated carbocycles. The summed E-state index contributed by atoms with van der Waals surface area (Å²) in [5, 5.41) is 5.41. The average Bonchev–Trinajstić information content (AvgIpc) is 3.01. The summed E-state index contributed by atoms with van der Waals surface area (Å²) in [6.45, 7) is 2.00. The highest BCUT2D eigenvalue weighted by Gasteiger charge is 2.42. The van der Waals surface area contributed by atoms with E-state index in [0.717, 1.165) is 5.56 Å². The first-order valence-corrected chi connectivity index (χ1v) is 9.50. The first-order valence-electron chi connectivity index (χ1n) is 9.50. The zero-order chi connectivity index (χ0) is 20.1. The molecule has 3 amide bonds. The van der Waals surface area contributed by atoms with Crippen LogP contribution in [-0.4, -0.2) is 53.3 Å². The Bertz CT molecular complexity index is 749. The van der Waals surface area contributed by atoms with Crippen molar-refractivity contribution in [2.75, 3.05) is 6.54 Å². The summed E-state index contributed by atoms with van der Waals surface area (Å²) in [7, 11) is 0. The van der Waals surface area contributed by atoms with Gasteiger partial charge in [-0.25, -0.2) is 4.79 Å². The molecule has 1 aromatic carbocycles. The average molecular weight is 387 g/mol. The van der Waals surface area contributed by atoms with Gasteiger partial charge in [0.05, 0.1) is 12.1 Å². The Morgan fingerprint density at radius 3 is 2.61 bits per heavy atom. The fraction of sp³-hybridized carbons (Fsp3) is 0.500. The van der Waals surface area contributed by atoms with Gasteiger partial charge in [0, 0.05) is 26.3 Å². The monoisotopic (exact) mass is 387 g/mol. The number of carbonyl (C=O) groups is 4. The molecule has 1 unspecified atom stereocenters. The molecule has 1 saturated heterocycles. The van der Waals surface area contributed by atoms with Gasteiger partial charge in [-0.3, -0.25) is 14.4 Å². The molecular weight excluding hydrogens is 362 g/mol. The third-order valence-electron chi connectivity index (χ3n) is 5.16. The number of hydrogen-bond donors (Lipinski definition) is 2. The highest BCUT2D eigenvalue weighted by Crippen LogP contribution is 2.26. The molecule has 0 bridgehead atoms. The van der Waals surface area contributed by atoms with Crippen LogP contribution in [-0.2, 0) is 25.7 Å². The lowest BCUT2D eigenvalue weighted by Gasteiger charge is -2.37. The maximum atomic E-state index is 12.8. The van der Waals surface area contributed by atoms with E-state index in [2.05, 4.69) is 10.6 Å². The minimum absolute atomic E-state index is 0.0841. The summed E-state index contributed by atoms with van der Waals surface area (Å²) in [6.07, 6.45) is 0.964. The first kappa shape index (κ1) is 19.9. The summed E-state index contributed by atoms with van der Waals surface area (Å²) in [5.41, 5.74) is 0.863. The molecular formula is C20H25N3O5. The lowest BCUT2D eigenvalue weighted by molar-refractivity contribution is -0.135. The van der Waals surface area contributed by atoms with Crippen molar-refractivity contribution in [3.63, 3.8) is 0 Å². The normalized spacial score (nSPS) is 24.8. The summed E-state index contributed by atoms with van der Waals surface area (Å²) < 4.78 is 5.18. The Kier molecular flexibility index (Phi) is 6.28. The van der Waals surface area contributed by atoms with E-state index in [1.807, 2.05) is 30.3 Å². The Labute approximate surface area is 163 Å². The van der Waals surface area contributed by atoms with Crippen molar-refractivity contribution in [3.05, 3.63) is 35.9 Å². The number of hydrogen-bond acceptors (Lipinski definition) is 5. The second-order valence-corrected chi connectivity index (χ2v) is 7.23. The standard InChI is InChI=1S/C20H25N3O5/c1-13(24)21-17-11-15(25)7-8-18(17)23-10-9-16(19(23)26)22-20(27)28-12-14-5-3-2-4-6-14/h2-6,16-18H,7-12H2,1H3,(H,21,24)(H,22,27)/t16-,17-,18?/m0/s1. The van der Waals surface area contributed by atoms with Crippen LogP contribution in [0.3, 0.4) is 0 Å². The minimum atomic E-state index is -0.654. The summed E-state index contributed by atoms with van der Waals surface area (Å²) in [4.78, 5) is 49.7. The van der Waals surface area contributed by atoms with Crippen LogP contribution in [0.2, 0.25) is 0 Å². The number of carbonyl (C=O) groups excluding carboxylic acids is 4. The van der Waals surface area contributed by atoms with E-state index >= 15 is 0 Å². The molecule has 0 aromatic heterocycles. The van der Waals surface area contributed by atoms with Crippen LogP contribution >= 0.6 is 0 Å².